The molecule has 27 heavy (non-hydrogen) atoms. The number of amides is 3. The highest BCUT2D eigenvalue weighted by atomic mass is 16.2. The third-order valence-electron chi connectivity index (χ3n) is 3.51. The molecule has 0 fully saturated rings. The van der Waals surface area contributed by atoms with Gasteiger partial charge in [-0.15, -0.1) is 0 Å². The summed E-state index contributed by atoms with van der Waals surface area (Å²) in [6.07, 6.45) is 0. The van der Waals surface area contributed by atoms with Crippen LogP contribution in [-0.2, 0) is 9.59 Å². The van der Waals surface area contributed by atoms with Gasteiger partial charge < -0.3 is 21.3 Å². The first-order valence-electron chi connectivity index (χ1n) is 8.66. The number of carbonyl (C=O) groups is 3. The number of anilines is 3. The summed E-state index contributed by atoms with van der Waals surface area (Å²) < 4.78 is 0. The SMILES string of the molecule is CC(=O)Nc1ccc(NCC(=O)Nc2ccc(C(=O)NC(C)C)cc2)cc1. The van der Waals surface area contributed by atoms with Crippen LogP contribution in [0.3, 0.4) is 0 Å². The van der Waals surface area contributed by atoms with Crippen molar-refractivity contribution in [1.29, 1.82) is 0 Å². The number of hydrogen-bond acceptors (Lipinski definition) is 4. The average Bonchev–Trinajstić information content (AvgIpc) is 2.60. The number of rotatable bonds is 7. The number of carbonyl (C=O) groups excluding carboxylic acids is 3. The van der Waals surface area contributed by atoms with Crippen LogP contribution >= 0.6 is 0 Å². The predicted octanol–water partition coefficient (Wildman–Crippen LogP) is 2.83. The third-order valence-corrected chi connectivity index (χ3v) is 3.51. The van der Waals surface area contributed by atoms with Crippen molar-refractivity contribution in [3.63, 3.8) is 0 Å². The Morgan fingerprint density at radius 3 is 1.89 bits per heavy atom. The zero-order valence-electron chi connectivity index (χ0n) is 15.6. The van der Waals surface area contributed by atoms with Crippen molar-refractivity contribution < 1.29 is 14.4 Å². The van der Waals surface area contributed by atoms with Gasteiger partial charge in [-0.3, -0.25) is 14.4 Å². The molecule has 4 N–H and O–H groups in total. The minimum atomic E-state index is -0.208. The second kappa shape index (κ2) is 9.38. The minimum absolute atomic E-state index is 0.0651. The lowest BCUT2D eigenvalue weighted by molar-refractivity contribution is -0.115. The standard InChI is InChI=1S/C20H24N4O3/c1-13(2)22-20(27)15-4-6-18(7-5-15)24-19(26)12-21-16-8-10-17(11-9-16)23-14(3)25/h4-11,13,21H,12H2,1-3H3,(H,22,27)(H,23,25)(H,24,26). The van der Waals surface area contributed by atoms with Gasteiger partial charge in [-0.05, 0) is 62.4 Å². The van der Waals surface area contributed by atoms with Gasteiger partial charge in [-0.25, -0.2) is 0 Å². The molecule has 2 aromatic carbocycles. The molecule has 7 nitrogen and oxygen atoms in total. The van der Waals surface area contributed by atoms with Gasteiger partial charge in [0, 0.05) is 35.6 Å². The molecule has 0 radical (unpaired) electrons. The molecule has 142 valence electrons. The quantitative estimate of drug-likeness (QED) is 0.604. The van der Waals surface area contributed by atoms with E-state index < -0.39 is 0 Å². The van der Waals surface area contributed by atoms with E-state index in [-0.39, 0.29) is 30.3 Å². The van der Waals surface area contributed by atoms with Crippen molar-refractivity contribution >= 4 is 34.8 Å². The van der Waals surface area contributed by atoms with Crippen LogP contribution in [0.25, 0.3) is 0 Å². The molecule has 0 unspecified atom stereocenters. The molecule has 0 spiro atoms. The molecule has 7 heteroatoms. The average molecular weight is 368 g/mol. The fourth-order valence-corrected chi connectivity index (χ4v) is 2.31. The maximum absolute atomic E-state index is 12.1. The second-order valence-corrected chi connectivity index (χ2v) is 6.37. The Kier molecular flexibility index (Phi) is 6.93. The highest BCUT2D eigenvalue weighted by Crippen LogP contribution is 2.14. The van der Waals surface area contributed by atoms with Gasteiger partial charge in [0.15, 0.2) is 0 Å². The van der Waals surface area contributed by atoms with E-state index in [2.05, 4.69) is 21.3 Å². The molecule has 0 aliphatic carbocycles. The smallest absolute Gasteiger partial charge is 0.251 e. The van der Waals surface area contributed by atoms with Gasteiger partial charge in [-0.1, -0.05) is 0 Å². The van der Waals surface area contributed by atoms with Gasteiger partial charge in [0.2, 0.25) is 11.8 Å². The molecule has 0 aromatic heterocycles. The zero-order valence-corrected chi connectivity index (χ0v) is 15.6. The summed E-state index contributed by atoms with van der Waals surface area (Å²) >= 11 is 0. The lowest BCUT2D eigenvalue weighted by atomic mass is 10.2. The molecule has 0 aliphatic heterocycles. The van der Waals surface area contributed by atoms with Crippen molar-refractivity contribution in [3.05, 3.63) is 54.1 Å². The van der Waals surface area contributed by atoms with Gasteiger partial charge >= 0.3 is 0 Å². The van der Waals surface area contributed by atoms with Crippen LogP contribution < -0.4 is 21.3 Å². The topological polar surface area (TPSA) is 99.3 Å². The maximum Gasteiger partial charge on any atom is 0.251 e. The minimum Gasteiger partial charge on any atom is -0.376 e. The molecule has 0 atom stereocenters. The van der Waals surface area contributed by atoms with Gasteiger partial charge in [0.05, 0.1) is 6.54 Å². The second-order valence-electron chi connectivity index (χ2n) is 6.37. The maximum atomic E-state index is 12.1. The Hall–Kier alpha value is -3.35. The Morgan fingerprint density at radius 1 is 0.815 bits per heavy atom. The molecule has 3 amide bonds. The summed E-state index contributed by atoms with van der Waals surface area (Å²) in [4.78, 5) is 34.9. The van der Waals surface area contributed by atoms with E-state index in [4.69, 9.17) is 0 Å². The third kappa shape index (κ3) is 6.81. The van der Waals surface area contributed by atoms with Crippen molar-refractivity contribution in [2.24, 2.45) is 0 Å². The molecular formula is C20H24N4O3. The first-order valence-corrected chi connectivity index (χ1v) is 8.66. The van der Waals surface area contributed by atoms with E-state index in [1.54, 1.807) is 48.5 Å². The van der Waals surface area contributed by atoms with E-state index in [0.29, 0.717) is 16.9 Å². The number of hydrogen-bond donors (Lipinski definition) is 4. The first-order chi connectivity index (χ1) is 12.8. The first kappa shape index (κ1) is 20.0. The largest absolute Gasteiger partial charge is 0.376 e. The molecule has 0 saturated carbocycles. The monoisotopic (exact) mass is 368 g/mol. The van der Waals surface area contributed by atoms with Gasteiger partial charge in [0.1, 0.15) is 0 Å². The number of benzene rings is 2. The summed E-state index contributed by atoms with van der Waals surface area (Å²) in [7, 11) is 0. The number of nitrogens with one attached hydrogen (secondary N) is 4. The molecule has 2 rings (SSSR count). The molecule has 0 aliphatic rings. The fourth-order valence-electron chi connectivity index (χ4n) is 2.31. The van der Waals surface area contributed by atoms with Gasteiger partial charge in [-0.2, -0.15) is 0 Å². The Balaban J connectivity index is 1.83. The molecular weight excluding hydrogens is 344 g/mol. The van der Waals surface area contributed by atoms with Crippen molar-refractivity contribution in [1.82, 2.24) is 5.32 Å². The normalized spacial score (nSPS) is 10.2. The Morgan fingerprint density at radius 2 is 1.33 bits per heavy atom. The lowest BCUT2D eigenvalue weighted by Gasteiger charge is -2.10. The van der Waals surface area contributed by atoms with Crippen LogP contribution in [-0.4, -0.2) is 30.3 Å². The van der Waals surface area contributed by atoms with Crippen LogP contribution in [0.4, 0.5) is 17.1 Å². The predicted molar refractivity (Wildman–Crippen MR) is 107 cm³/mol. The zero-order chi connectivity index (χ0) is 19.8. The lowest BCUT2D eigenvalue weighted by Crippen LogP contribution is -2.30. The van der Waals surface area contributed by atoms with E-state index in [1.165, 1.54) is 6.92 Å². The van der Waals surface area contributed by atoms with Gasteiger partial charge in [0.25, 0.3) is 5.91 Å². The highest BCUT2D eigenvalue weighted by Gasteiger charge is 2.08. The van der Waals surface area contributed by atoms with Crippen molar-refractivity contribution in [3.8, 4) is 0 Å². The van der Waals surface area contributed by atoms with Crippen LogP contribution in [0.5, 0.6) is 0 Å². The van der Waals surface area contributed by atoms with Crippen LogP contribution in [0.1, 0.15) is 31.1 Å². The Labute approximate surface area is 158 Å². The summed E-state index contributed by atoms with van der Waals surface area (Å²) in [5, 5.41) is 11.3. The van der Waals surface area contributed by atoms with E-state index >= 15 is 0 Å². The molecule has 0 saturated heterocycles. The highest BCUT2D eigenvalue weighted by molar-refractivity contribution is 5.96. The summed E-state index contributed by atoms with van der Waals surface area (Å²) in [5.74, 6) is -0.490. The summed E-state index contributed by atoms with van der Waals surface area (Å²) in [6.45, 7) is 5.33. The van der Waals surface area contributed by atoms with Crippen molar-refractivity contribution in [2.45, 2.75) is 26.8 Å². The van der Waals surface area contributed by atoms with E-state index in [9.17, 15) is 14.4 Å². The summed E-state index contributed by atoms with van der Waals surface area (Å²) in [6, 6.07) is 13.8. The molecule has 0 heterocycles. The van der Waals surface area contributed by atoms with E-state index in [0.717, 1.165) is 5.69 Å². The Bertz CT molecular complexity index is 799. The molecule has 0 bridgehead atoms. The molecule has 2 aromatic rings. The van der Waals surface area contributed by atoms with Crippen molar-refractivity contribution in [2.75, 3.05) is 22.5 Å². The van der Waals surface area contributed by atoms with Crippen LogP contribution in [0.15, 0.2) is 48.5 Å². The fraction of sp³-hybridized carbons (Fsp3) is 0.250. The van der Waals surface area contributed by atoms with Crippen LogP contribution in [0, 0.1) is 0 Å². The summed E-state index contributed by atoms with van der Waals surface area (Å²) in [5.41, 5.74) is 2.61. The van der Waals surface area contributed by atoms with E-state index in [1.807, 2.05) is 13.8 Å². The van der Waals surface area contributed by atoms with Crippen LogP contribution in [0.2, 0.25) is 0 Å².